The minimum Gasteiger partial charge on any atom is -0.507 e. The molecule has 2 aromatic carbocycles. The Morgan fingerprint density at radius 1 is 1.12 bits per heavy atom. The maximum Gasteiger partial charge on any atom is 0.142 e. The summed E-state index contributed by atoms with van der Waals surface area (Å²) >= 11 is 0. The molecule has 0 amide bonds. The van der Waals surface area contributed by atoms with Crippen molar-refractivity contribution < 1.29 is 5.11 Å². The number of fused-ring (bicyclic) bond motifs is 1. The van der Waals surface area contributed by atoms with Gasteiger partial charge in [-0.1, -0.05) is 12.1 Å². The molecule has 0 aliphatic carbocycles. The molecule has 1 heterocycles. The van der Waals surface area contributed by atoms with E-state index >= 15 is 0 Å². The van der Waals surface area contributed by atoms with Crippen LogP contribution >= 0.6 is 0 Å². The largest absolute Gasteiger partial charge is 0.507 e. The van der Waals surface area contributed by atoms with Gasteiger partial charge in [-0.15, -0.1) is 0 Å². The second kappa shape index (κ2) is 3.52. The first-order valence-corrected chi connectivity index (χ1v) is 5.27. The van der Waals surface area contributed by atoms with Crippen molar-refractivity contribution in [2.75, 3.05) is 5.73 Å². The standard InChI is InChI=1S/C13H11N3O/c14-8-5-6-9(12(17)7-8)13-15-10-3-1-2-4-11(10)16-13/h1-7,17H,14H2,(H,15,16). The number of anilines is 1. The van der Waals surface area contributed by atoms with Gasteiger partial charge in [0.2, 0.25) is 0 Å². The Bertz CT molecular complexity index is 655. The van der Waals surface area contributed by atoms with Crippen LogP contribution in [0, 0.1) is 0 Å². The van der Waals surface area contributed by atoms with Gasteiger partial charge in [0.15, 0.2) is 0 Å². The van der Waals surface area contributed by atoms with Crippen molar-refractivity contribution in [2.45, 2.75) is 0 Å². The predicted octanol–water partition coefficient (Wildman–Crippen LogP) is 2.52. The Morgan fingerprint density at radius 2 is 1.94 bits per heavy atom. The van der Waals surface area contributed by atoms with Crippen molar-refractivity contribution in [1.29, 1.82) is 0 Å². The molecule has 0 aliphatic heterocycles. The van der Waals surface area contributed by atoms with Gasteiger partial charge in [-0.05, 0) is 24.3 Å². The summed E-state index contributed by atoms with van der Waals surface area (Å²) in [6.45, 7) is 0. The van der Waals surface area contributed by atoms with Crippen molar-refractivity contribution in [3.8, 4) is 17.1 Å². The minimum absolute atomic E-state index is 0.129. The zero-order valence-corrected chi connectivity index (χ0v) is 9.01. The highest BCUT2D eigenvalue weighted by molar-refractivity contribution is 5.80. The van der Waals surface area contributed by atoms with Gasteiger partial charge in [-0.3, -0.25) is 0 Å². The summed E-state index contributed by atoms with van der Waals surface area (Å²) in [5, 5.41) is 9.83. The number of hydrogen-bond acceptors (Lipinski definition) is 3. The van der Waals surface area contributed by atoms with Gasteiger partial charge >= 0.3 is 0 Å². The molecule has 1 aromatic heterocycles. The number of nitrogen functional groups attached to an aromatic ring is 1. The first kappa shape index (κ1) is 9.72. The Kier molecular flexibility index (Phi) is 2.01. The van der Waals surface area contributed by atoms with Gasteiger partial charge in [-0.25, -0.2) is 4.98 Å². The first-order valence-electron chi connectivity index (χ1n) is 5.27. The molecule has 3 aromatic rings. The molecule has 4 nitrogen and oxygen atoms in total. The second-order valence-electron chi connectivity index (χ2n) is 3.88. The summed E-state index contributed by atoms with van der Waals surface area (Å²) < 4.78 is 0. The number of para-hydroxylation sites is 2. The first-order chi connectivity index (χ1) is 8.24. The summed E-state index contributed by atoms with van der Waals surface area (Å²) in [6, 6.07) is 12.7. The van der Waals surface area contributed by atoms with Crippen LogP contribution in [0.4, 0.5) is 5.69 Å². The zero-order chi connectivity index (χ0) is 11.8. The second-order valence-corrected chi connectivity index (χ2v) is 3.88. The molecule has 0 unspecified atom stereocenters. The topological polar surface area (TPSA) is 74.9 Å². The summed E-state index contributed by atoms with van der Waals surface area (Å²) in [7, 11) is 0. The molecule has 0 saturated carbocycles. The number of phenolic OH excluding ortho intramolecular Hbond substituents is 1. The molecule has 4 heteroatoms. The van der Waals surface area contributed by atoms with Crippen molar-refractivity contribution in [3.63, 3.8) is 0 Å². The molecule has 0 bridgehead atoms. The van der Waals surface area contributed by atoms with Gasteiger partial charge in [0, 0.05) is 11.8 Å². The fourth-order valence-corrected chi connectivity index (χ4v) is 1.83. The predicted molar refractivity (Wildman–Crippen MR) is 67.6 cm³/mol. The molecule has 0 radical (unpaired) electrons. The smallest absolute Gasteiger partial charge is 0.142 e. The number of hydrogen-bond donors (Lipinski definition) is 3. The van der Waals surface area contributed by atoms with Crippen LogP contribution in [0.5, 0.6) is 5.75 Å². The van der Waals surface area contributed by atoms with Crippen LogP contribution in [0.25, 0.3) is 22.4 Å². The maximum atomic E-state index is 9.83. The number of imidazole rings is 1. The lowest BCUT2D eigenvalue weighted by molar-refractivity contribution is 0.477. The Hall–Kier alpha value is -2.49. The van der Waals surface area contributed by atoms with Gasteiger partial charge in [0.1, 0.15) is 11.6 Å². The lowest BCUT2D eigenvalue weighted by atomic mass is 10.2. The SMILES string of the molecule is Nc1ccc(-c2nc3ccccc3[nH]2)c(O)c1. The van der Waals surface area contributed by atoms with E-state index in [1.54, 1.807) is 12.1 Å². The van der Waals surface area contributed by atoms with Crippen LogP contribution < -0.4 is 5.73 Å². The molecule has 84 valence electrons. The average Bonchev–Trinajstić information content (AvgIpc) is 2.72. The van der Waals surface area contributed by atoms with E-state index in [0.29, 0.717) is 17.1 Å². The number of aromatic hydroxyl groups is 1. The van der Waals surface area contributed by atoms with E-state index in [1.165, 1.54) is 6.07 Å². The van der Waals surface area contributed by atoms with Crippen LogP contribution in [0.1, 0.15) is 0 Å². The Balaban J connectivity index is 2.20. The van der Waals surface area contributed by atoms with Crippen LogP contribution in [0.15, 0.2) is 42.5 Å². The van der Waals surface area contributed by atoms with E-state index in [9.17, 15) is 5.11 Å². The third kappa shape index (κ3) is 1.59. The van der Waals surface area contributed by atoms with Gasteiger partial charge in [-0.2, -0.15) is 0 Å². The quantitative estimate of drug-likeness (QED) is 0.557. The van der Waals surface area contributed by atoms with Crippen molar-refractivity contribution in [2.24, 2.45) is 0 Å². The molecule has 3 rings (SSSR count). The highest BCUT2D eigenvalue weighted by Gasteiger charge is 2.09. The number of nitrogens with two attached hydrogens (primary N) is 1. The molecule has 17 heavy (non-hydrogen) atoms. The van der Waals surface area contributed by atoms with E-state index in [1.807, 2.05) is 24.3 Å². The number of benzene rings is 2. The number of aromatic amines is 1. The van der Waals surface area contributed by atoms with Crippen LogP contribution in [0.3, 0.4) is 0 Å². The molecule has 0 fully saturated rings. The molecule has 4 N–H and O–H groups in total. The lowest BCUT2D eigenvalue weighted by Gasteiger charge is -2.01. The fourth-order valence-electron chi connectivity index (χ4n) is 1.83. The van der Waals surface area contributed by atoms with Crippen LogP contribution in [0.2, 0.25) is 0 Å². The Labute approximate surface area is 97.7 Å². The minimum atomic E-state index is 0.129. The van der Waals surface area contributed by atoms with Gasteiger partial charge < -0.3 is 15.8 Å². The molecule has 0 atom stereocenters. The van der Waals surface area contributed by atoms with Crippen molar-refractivity contribution in [3.05, 3.63) is 42.5 Å². The maximum absolute atomic E-state index is 9.83. The number of H-pyrrole nitrogens is 1. The highest BCUT2D eigenvalue weighted by Crippen LogP contribution is 2.29. The van der Waals surface area contributed by atoms with E-state index in [4.69, 9.17) is 5.73 Å². The number of aromatic nitrogens is 2. The number of nitrogens with zero attached hydrogens (tertiary/aromatic N) is 1. The van der Waals surface area contributed by atoms with E-state index in [2.05, 4.69) is 9.97 Å². The van der Waals surface area contributed by atoms with Crippen LogP contribution in [-0.2, 0) is 0 Å². The lowest BCUT2D eigenvalue weighted by Crippen LogP contribution is -1.86. The Morgan fingerprint density at radius 3 is 2.71 bits per heavy atom. The summed E-state index contributed by atoms with van der Waals surface area (Å²) in [5.74, 6) is 0.771. The third-order valence-corrected chi connectivity index (χ3v) is 2.67. The van der Waals surface area contributed by atoms with Crippen molar-refractivity contribution >= 4 is 16.7 Å². The molecular weight excluding hydrogens is 214 g/mol. The zero-order valence-electron chi connectivity index (χ0n) is 9.01. The summed E-state index contributed by atoms with van der Waals surface area (Å²) in [4.78, 5) is 7.58. The summed E-state index contributed by atoms with van der Waals surface area (Å²) in [5.41, 5.74) is 8.59. The van der Waals surface area contributed by atoms with E-state index in [-0.39, 0.29) is 5.75 Å². The van der Waals surface area contributed by atoms with E-state index < -0.39 is 0 Å². The number of nitrogens with one attached hydrogen (secondary N) is 1. The van der Waals surface area contributed by atoms with Crippen molar-refractivity contribution in [1.82, 2.24) is 9.97 Å². The average molecular weight is 225 g/mol. The third-order valence-electron chi connectivity index (χ3n) is 2.67. The summed E-state index contributed by atoms with van der Waals surface area (Å²) in [6.07, 6.45) is 0. The fraction of sp³-hybridized carbons (Fsp3) is 0. The monoisotopic (exact) mass is 225 g/mol. The highest BCUT2D eigenvalue weighted by atomic mass is 16.3. The molecule has 0 aliphatic rings. The van der Waals surface area contributed by atoms with Gasteiger partial charge in [0.25, 0.3) is 0 Å². The number of rotatable bonds is 1. The van der Waals surface area contributed by atoms with Crippen LogP contribution in [-0.4, -0.2) is 15.1 Å². The normalized spacial score (nSPS) is 10.8. The van der Waals surface area contributed by atoms with E-state index in [0.717, 1.165) is 11.0 Å². The molecule has 0 spiro atoms. The molecule has 0 saturated heterocycles. The van der Waals surface area contributed by atoms with Gasteiger partial charge in [0.05, 0.1) is 16.6 Å². The number of phenols is 1. The molecular formula is C13H11N3O.